The van der Waals surface area contributed by atoms with Crippen LogP contribution in [0.3, 0.4) is 0 Å². The molecule has 1 aromatic carbocycles. The largest absolute Gasteiger partial charge is 0.380 e. The fraction of sp³-hybridized carbons (Fsp3) is 0.308. The Balaban J connectivity index is 2.38. The topological polar surface area (TPSA) is 60.2 Å². The molecule has 0 spiro atoms. The normalized spacial score (nSPS) is 12.8. The predicted molar refractivity (Wildman–Crippen MR) is 68.3 cm³/mol. The molecule has 0 aliphatic carbocycles. The van der Waals surface area contributed by atoms with Crippen molar-refractivity contribution >= 4 is 10.8 Å². The number of pyridine rings is 1. The van der Waals surface area contributed by atoms with Crippen molar-refractivity contribution in [2.45, 2.75) is 13.0 Å². The summed E-state index contributed by atoms with van der Waals surface area (Å²) < 4.78 is 5.43. The van der Waals surface area contributed by atoms with E-state index in [0.717, 1.165) is 16.3 Å². The molecule has 1 atom stereocenters. The Morgan fingerprint density at radius 2 is 2.29 bits per heavy atom. The van der Waals surface area contributed by atoms with Crippen molar-refractivity contribution in [1.82, 2.24) is 10.4 Å². The van der Waals surface area contributed by atoms with E-state index < -0.39 is 0 Å². The number of nitrogens with zero attached hydrogens (tertiary/aromatic N) is 1. The zero-order valence-corrected chi connectivity index (χ0v) is 9.89. The molecular formula is C13H17N3O. The summed E-state index contributed by atoms with van der Waals surface area (Å²) in [7, 11) is 0. The first-order valence-corrected chi connectivity index (χ1v) is 5.73. The van der Waals surface area contributed by atoms with Gasteiger partial charge < -0.3 is 4.74 Å². The smallest absolute Gasteiger partial charge is 0.0699 e. The van der Waals surface area contributed by atoms with Crippen molar-refractivity contribution < 1.29 is 4.74 Å². The lowest BCUT2D eigenvalue weighted by atomic mass is 10.0. The van der Waals surface area contributed by atoms with Gasteiger partial charge in [0, 0.05) is 24.4 Å². The van der Waals surface area contributed by atoms with Crippen LogP contribution in [0.15, 0.2) is 36.7 Å². The average molecular weight is 231 g/mol. The third-order valence-electron chi connectivity index (χ3n) is 2.78. The quantitative estimate of drug-likeness (QED) is 0.608. The van der Waals surface area contributed by atoms with Gasteiger partial charge in [-0.2, -0.15) is 0 Å². The van der Waals surface area contributed by atoms with Gasteiger partial charge in [0.05, 0.1) is 12.6 Å². The van der Waals surface area contributed by atoms with Gasteiger partial charge >= 0.3 is 0 Å². The summed E-state index contributed by atoms with van der Waals surface area (Å²) in [6, 6.07) is 8.11. The first-order valence-electron chi connectivity index (χ1n) is 5.73. The highest BCUT2D eigenvalue weighted by Crippen LogP contribution is 2.23. The number of hydrogen-bond acceptors (Lipinski definition) is 4. The molecule has 17 heavy (non-hydrogen) atoms. The minimum atomic E-state index is 0.000972. The molecule has 0 amide bonds. The van der Waals surface area contributed by atoms with Gasteiger partial charge in [-0.15, -0.1) is 0 Å². The van der Waals surface area contributed by atoms with Crippen molar-refractivity contribution in [3.8, 4) is 0 Å². The molecule has 90 valence electrons. The van der Waals surface area contributed by atoms with E-state index in [9.17, 15) is 0 Å². The molecule has 1 heterocycles. The second-order valence-electron chi connectivity index (χ2n) is 3.82. The molecule has 2 rings (SSSR count). The van der Waals surface area contributed by atoms with E-state index >= 15 is 0 Å². The van der Waals surface area contributed by atoms with E-state index in [0.29, 0.717) is 13.2 Å². The number of hydrogen-bond donors (Lipinski definition) is 2. The zero-order valence-electron chi connectivity index (χ0n) is 9.89. The van der Waals surface area contributed by atoms with Crippen LogP contribution in [-0.2, 0) is 4.74 Å². The summed E-state index contributed by atoms with van der Waals surface area (Å²) in [4.78, 5) is 4.12. The van der Waals surface area contributed by atoms with E-state index in [1.165, 1.54) is 0 Å². The molecule has 1 unspecified atom stereocenters. The van der Waals surface area contributed by atoms with Crippen molar-refractivity contribution in [3.05, 3.63) is 42.2 Å². The lowest BCUT2D eigenvalue weighted by molar-refractivity contribution is 0.123. The average Bonchev–Trinajstić information content (AvgIpc) is 2.40. The van der Waals surface area contributed by atoms with Gasteiger partial charge in [-0.25, -0.2) is 0 Å². The Bertz CT molecular complexity index is 482. The highest BCUT2D eigenvalue weighted by Gasteiger charge is 2.12. The number of ether oxygens (including phenoxy) is 1. The number of benzene rings is 1. The molecule has 4 heteroatoms. The van der Waals surface area contributed by atoms with Gasteiger partial charge in [-0.05, 0) is 23.9 Å². The summed E-state index contributed by atoms with van der Waals surface area (Å²) in [5.74, 6) is 5.59. The van der Waals surface area contributed by atoms with E-state index in [2.05, 4.69) is 16.5 Å². The van der Waals surface area contributed by atoms with Crippen molar-refractivity contribution in [2.24, 2.45) is 5.84 Å². The van der Waals surface area contributed by atoms with Crippen molar-refractivity contribution in [3.63, 3.8) is 0 Å². The maximum Gasteiger partial charge on any atom is 0.0699 e. The first kappa shape index (κ1) is 12.0. The summed E-state index contributed by atoms with van der Waals surface area (Å²) in [5.41, 5.74) is 3.94. The minimum absolute atomic E-state index is 0.000972. The molecule has 3 N–H and O–H groups in total. The van der Waals surface area contributed by atoms with Crippen LogP contribution < -0.4 is 11.3 Å². The highest BCUT2D eigenvalue weighted by molar-refractivity contribution is 5.85. The second kappa shape index (κ2) is 5.72. The molecule has 0 radical (unpaired) electrons. The SMILES string of the molecule is CCOCC(NN)c1cccc2cnccc12. The first-order chi connectivity index (χ1) is 8.36. The molecule has 1 aromatic heterocycles. The van der Waals surface area contributed by atoms with Gasteiger partial charge in [0.2, 0.25) is 0 Å². The van der Waals surface area contributed by atoms with Gasteiger partial charge in [0.1, 0.15) is 0 Å². The zero-order chi connectivity index (χ0) is 12.1. The fourth-order valence-corrected chi connectivity index (χ4v) is 1.91. The second-order valence-corrected chi connectivity index (χ2v) is 3.82. The standard InChI is InChI=1S/C13H17N3O/c1-2-17-9-13(16-14)12-5-3-4-10-8-15-7-6-11(10)12/h3-8,13,16H,2,9,14H2,1H3. The van der Waals surface area contributed by atoms with Gasteiger partial charge in [0.15, 0.2) is 0 Å². The van der Waals surface area contributed by atoms with Crippen LogP contribution in [0.25, 0.3) is 10.8 Å². The van der Waals surface area contributed by atoms with Crippen LogP contribution in [0, 0.1) is 0 Å². The fourth-order valence-electron chi connectivity index (χ4n) is 1.91. The molecule has 0 aliphatic rings. The number of fused-ring (bicyclic) bond motifs is 1. The van der Waals surface area contributed by atoms with Gasteiger partial charge in [0.25, 0.3) is 0 Å². The van der Waals surface area contributed by atoms with E-state index in [-0.39, 0.29) is 6.04 Å². The van der Waals surface area contributed by atoms with Crippen LogP contribution in [0.2, 0.25) is 0 Å². The summed E-state index contributed by atoms with van der Waals surface area (Å²) in [5, 5.41) is 2.27. The lowest BCUT2D eigenvalue weighted by Crippen LogP contribution is -2.31. The highest BCUT2D eigenvalue weighted by atomic mass is 16.5. The monoisotopic (exact) mass is 231 g/mol. The summed E-state index contributed by atoms with van der Waals surface area (Å²) >= 11 is 0. The van der Waals surface area contributed by atoms with E-state index in [1.807, 2.05) is 31.3 Å². The Labute approximate surface area is 101 Å². The minimum Gasteiger partial charge on any atom is -0.380 e. The summed E-state index contributed by atoms with van der Waals surface area (Å²) in [6.45, 7) is 3.22. The molecule has 4 nitrogen and oxygen atoms in total. The maximum absolute atomic E-state index is 5.59. The van der Waals surface area contributed by atoms with Crippen LogP contribution in [0.4, 0.5) is 0 Å². The third kappa shape index (κ3) is 2.61. The molecule has 0 bridgehead atoms. The number of rotatable bonds is 5. The van der Waals surface area contributed by atoms with Crippen LogP contribution in [0.1, 0.15) is 18.5 Å². The molecule has 0 saturated carbocycles. The molecular weight excluding hydrogens is 214 g/mol. The Morgan fingerprint density at radius 3 is 3.06 bits per heavy atom. The molecule has 0 aliphatic heterocycles. The Hall–Kier alpha value is -1.49. The number of aromatic nitrogens is 1. The predicted octanol–water partition coefficient (Wildman–Crippen LogP) is 1.78. The summed E-state index contributed by atoms with van der Waals surface area (Å²) in [6.07, 6.45) is 3.65. The number of nitrogens with two attached hydrogens (primary N) is 1. The molecule has 0 saturated heterocycles. The molecule has 0 fully saturated rings. The Morgan fingerprint density at radius 1 is 1.41 bits per heavy atom. The Kier molecular flexibility index (Phi) is 4.03. The number of nitrogens with one attached hydrogen (secondary N) is 1. The van der Waals surface area contributed by atoms with E-state index in [4.69, 9.17) is 10.6 Å². The number of hydrazine groups is 1. The maximum atomic E-state index is 5.59. The van der Waals surface area contributed by atoms with Crippen LogP contribution in [0.5, 0.6) is 0 Å². The van der Waals surface area contributed by atoms with E-state index in [1.54, 1.807) is 6.20 Å². The van der Waals surface area contributed by atoms with Crippen LogP contribution in [-0.4, -0.2) is 18.2 Å². The van der Waals surface area contributed by atoms with Crippen molar-refractivity contribution in [2.75, 3.05) is 13.2 Å². The third-order valence-corrected chi connectivity index (χ3v) is 2.78. The van der Waals surface area contributed by atoms with Gasteiger partial charge in [-0.3, -0.25) is 16.3 Å². The van der Waals surface area contributed by atoms with Crippen LogP contribution >= 0.6 is 0 Å². The van der Waals surface area contributed by atoms with Crippen molar-refractivity contribution in [1.29, 1.82) is 0 Å². The van der Waals surface area contributed by atoms with Gasteiger partial charge in [-0.1, -0.05) is 18.2 Å². The lowest BCUT2D eigenvalue weighted by Gasteiger charge is -2.18. The molecule has 2 aromatic rings.